The normalized spacial score (nSPS) is 11.6. The fourth-order valence-electron chi connectivity index (χ4n) is 1.64. The van der Waals surface area contributed by atoms with Crippen molar-refractivity contribution >= 4 is 44.6 Å². The van der Waals surface area contributed by atoms with Crippen LogP contribution in [-0.4, -0.2) is 24.5 Å². The third-order valence-electron chi connectivity index (χ3n) is 2.63. The van der Waals surface area contributed by atoms with Crippen LogP contribution < -0.4 is 4.72 Å². The zero-order chi connectivity index (χ0) is 15.1. The summed E-state index contributed by atoms with van der Waals surface area (Å²) in [5.41, 5.74) is 0.918. The molecule has 2 heterocycles. The van der Waals surface area contributed by atoms with E-state index in [0.717, 1.165) is 11.3 Å². The lowest BCUT2D eigenvalue weighted by molar-refractivity contribution is 0.0697. The van der Waals surface area contributed by atoms with Crippen molar-refractivity contribution in [1.29, 1.82) is 0 Å². The number of hydrogen-bond acceptors (Lipinski definition) is 4. The van der Waals surface area contributed by atoms with Crippen LogP contribution in [0.5, 0.6) is 0 Å². The fraction of sp³-hybridized carbons (Fsp3) is 0.182. The molecular weight excluding hydrogens is 324 g/mol. The highest BCUT2D eigenvalue weighted by molar-refractivity contribution is 7.94. The molecule has 0 radical (unpaired) electrons. The Kier molecular flexibility index (Phi) is 3.81. The standard InChI is InChI=1S/C11H11ClN2O4S2/c1-5-3-8(19-10(5)12)20(17,18)14-7-4-13-6(2)9(7)11(15)16/h3-4,13-14H,1-2H3,(H,15,16). The average Bonchev–Trinajstić information content (AvgIpc) is 2.83. The molecule has 0 amide bonds. The number of thiophene rings is 1. The number of aromatic amines is 1. The summed E-state index contributed by atoms with van der Waals surface area (Å²) in [5.74, 6) is -1.21. The second-order valence-electron chi connectivity index (χ2n) is 4.14. The number of carboxylic acids is 1. The van der Waals surface area contributed by atoms with Gasteiger partial charge in [0.1, 0.15) is 9.77 Å². The summed E-state index contributed by atoms with van der Waals surface area (Å²) < 4.78 is 27.0. The average molecular weight is 335 g/mol. The molecule has 0 aliphatic heterocycles. The lowest BCUT2D eigenvalue weighted by Gasteiger charge is -2.05. The van der Waals surface area contributed by atoms with Crippen molar-refractivity contribution in [2.75, 3.05) is 4.72 Å². The summed E-state index contributed by atoms with van der Waals surface area (Å²) in [7, 11) is -3.86. The van der Waals surface area contributed by atoms with E-state index in [9.17, 15) is 13.2 Å². The Hall–Kier alpha value is -1.51. The first-order chi connectivity index (χ1) is 9.22. The number of hydrogen-bond donors (Lipinski definition) is 3. The zero-order valence-electron chi connectivity index (χ0n) is 10.5. The number of aryl methyl sites for hydroxylation is 2. The smallest absolute Gasteiger partial charge is 0.339 e. The summed E-state index contributed by atoms with van der Waals surface area (Å²) >= 11 is 6.77. The predicted molar refractivity (Wildman–Crippen MR) is 77.4 cm³/mol. The highest BCUT2D eigenvalue weighted by Crippen LogP contribution is 2.32. The number of halogens is 1. The molecule has 0 aliphatic carbocycles. The van der Waals surface area contributed by atoms with Gasteiger partial charge in [-0.05, 0) is 25.5 Å². The lowest BCUT2D eigenvalue weighted by atomic mass is 10.2. The molecule has 0 unspecified atom stereocenters. The minimum absolute atomic E-state index is 0.00262. The van der Waals surface area contributed by atoms with Crippen molar-refractivity contribution in [1.82, 2.24) is 4.98 Å². The summed E-state index contributed by atoms with van der Waals surface area (Å²) in [5, 5.41) is 9.08. The summed E-state index contributed by atoms with van der Waals surface area (Å²) in [6, 6.07) is 1.44. The molecule has 0 saturated heterocycles. The van der Waals surface area contributed by atoms with E-state index >= 15 is 0 Å². The van der Waals surface area contributed by atoms with Gasteiger partial charge in [0.15, 0.2) is 0 Å². The Labute approximate surface area is 124 Å². The second-order valence-corrected chi connectivity index (χ2v) is 7.70. The van der Waals surface area contributed by atoms with Crippen LogP contribution in [0.2, 0.25) is 4.34 Å². The molecule has 2 aromatic heterocycles. The van der Waals surface area contributed by atoms with E-state index in [0.29, 0.717) is 15.6 Å². The number of anilines is 1. The molecule has 0 aliphatic rings. The maximum absolute atomic E-state index is 12.2. The number of sulfonamides is 1. The van der Waals surface area contributed by atoms with E-state index in [1.54, 1.807) is 13.8 Å². The van der Waals surface area contributed by atoms with E-state index in [1.165, 1.54) is 12.3 Å². The van der Waals surface area contributed by atoms with Gasteiger partial charge in [-0.15, -0.1) is 11.3 Å². The van der Waals surface area contributed by atoms with Gasteiger partial charge < -0.3 is 10.1 Å². The molecule has 2 aromatic rings. The predicted octanol–water partition coefficient (Wildman–Crippen LogP) is 2.85. The SMILES string of the molecule is Cc1cc(S(=O)(=O)Nc2c[nH]c(C)c2C(=O)O)sc1Cl. The summed E-state index contributed by atoms with van der Waals surface area (Å²) in [6.45, 7) is 3.24. The molecule has 0 spiro atoms. The summed E-state index contributed by atoms with van der Waals surface area (Å²) in [4.78, 5) is 13.8. The largest absolute Gasteiger partial charge is 0.478 e. The number of carbonyl (C=O) groups is 1. The molecule has 6 nitrogen and oxygen atoms in total. The van der Waals surface area contributed by atoms with Gasteiger partial charge in [0.25, 0.3) is 10.0 Å². The van der Waals surface area contributed by atoms with Gasteiger partial charge in [0.05, 0.1) is 10.0 Å². The molecule has 2 rings (SSSR count). The minimum Gasteiger partial charge on any atom is -0.478 e. The molecular formula is C11H11ClN2O4S2. The number of aromatic nitrogens is 1. The highest BCUT2D eigenvalue weighted by Gasteiger charge is 2.23. The lowest BCUT2D eigenvalue weighted by Crippen LogP contribution is -2.13. The van der Waals surface area contributed by atoms with Crippen molar-refractivity contribution in [2.45, 2.75) is 18.1 Å². The second kappa shape index (κ2) is 5.12. The van der Waals surface area contributed by atoms with Crippen molar-refractivity contribution in [3.8, 4) is 0 Å². The zero-order valence-corrected chi connectivity index (χ0v) is 12.9. The molecule has 0 aromatic carbocycles. The first kappa shape index (κ1) is 14.9. The number of nitrogens with one attached hydrogen (secondary N) is 2. The summed E-state index contributed by atoms with van der Waals surface area (Å²) in [6.07, 6.45) is 1.30. The molecule has 0 atom stereocenters. The molecule has 20 heavy (non-hydrogen) atoms. The van der Waals surface area contributed by atoms with Crippen LogP contribution in [0.3, 0.4) is 0 Å². The topological polar surface area (TPSA) is 99.3 Å². The van der Waals surface area contributed by atoms with E-state index in [1.807, 2.05) is 0 Å². The first-order valence-electron chi connectivity index (χ1n) is 5.42. The van der Waals surface area contributed by atoms with E-state index < -0.39 is 16.0 Å². The third kappa shape index (κ3) is 2.67. The quantitative estimate of drug-likeness (QED) is 0.800. The van der Waals surface area contributed by atoms with E-state index in [4.69, 9.17) is 16.7 Å². The Balaban J connectivity index is 2.41. The van der Waals surface area contributed by atoms with Crippen molar-refractivity contribution in [2.24, 2.45) is 0 Å². The maximum atomic E-state index is 12.2. The van der Waals surface area contributed by atoms with Crippen molar-refractivity contribution in [3.63, 3.8) is 0 Å². The van der Waals surface area contributed by atoms with E-state index in [-0.39, 0.29) is 15.5 Å². The van der Waals surface area contributed by atoms with Crippen molar-refractivity contribution < 1.29 is 18.3 Å². The number of H-pyrrole nitrogens is 1. The van der Waals surface area contributed by atoms with Crippen LogP contribution in [0.4, 0.5) is 5.69 Å². The highest BCUT2D eigenvalue weighted by atomic mass is 35.5. The van der Waals surface area contributed by atoms with Gasteiger partial charge in [0.2, 0.25) is 0 Å². The van der Waals surface area contributed by atoms with Crippen molar-refractivity contribution in [3.05, 3.63) is 33.4 Å². The molecule has 0 fully saturated rings. The van der Waals surface area contributed by atoms with Gasteiger partial charge in [-0.2, -0.15) is 0 Å². The Morgan fingerprint density at radius 3 is 2.60 bits per heavy atom. The van der Waals surface area contributed by atoms with Gasteiger partial charge in [-0.25, -0.2) is 13.2 Å². The Morgan fingerprint density at radius 2 is 2.10 bits per heavy atom. The van der Waals surface area contributed by atoms with Crippen LogP contribution in [-0.2, 0) is 10.0 Å². The number of carboxylic acid groups (broad SMARTS) is 1. The van der Waals surface area contributed by atoms with Crippen LogP contribution in [0.1, 0.15) is 21.6 Å². The fourth-order valence-corrected chi connectivity index (χ4v) is 4.41. The molecule has 0 saturated carbocycles. The molecule has 9 heteroatoms. The van der Waals surface area contributed by atoms with Gasteiger partial charge >= 0.3 is 5.97 Å². The van der Waals surface area contributed by atoms with Crippen LogP contribution in [0.25, 0.3) is 0 Å². The van der Waals surface area contributed by atoms with Crippen LogP contribution >= 0.6 is 22.9 Å². The first-order valence-corrected chi connectivity index (χ1v) is 8.10. The molecule has 108 valence electrons. The molecule has 0 bridgehead atoms. The number of rotatable bonds is 4. The van der Waals surface area contributed by atoms with Gasteiger partial charge in [0, 0.05) is 11.9 Å². The van der Waals surface area contributed by atoms with Crippen LogP contribution in [0.15, 0.2) is 16.5 Å². The monoisotopic (exact) mass is 334 g/mol. The third-order valence-corrected chi connectivity index (χ3v) is 6.03. The maximum Gasteiger partial charge on any atom is 0.339 e. The Morgan fingerprint density at radius 1 is 1.45 bits per heavy atom. The molecule has 3 N–H and O–H groups in total. The number of aromatic carboxylic acids is 1. The van der Waals surface area contributed by atoms with Crippen LogP contribution in [0, 0.1) is 13.8 Å². The van der Waals surface area contributed by atoms with Gasteiger partial charge in [-0.3, -0.25) is 4.72 Å². The van der Waals surface area contributed by atoms with Gasteiger partial charge in [-0.1, -0.05) is 11.6 Å². The Bertz CT molecular complexity index is 757. The van der Waals surface area contributed by atoms with E-state index in [2.05, 4.69) is 9.71 Å². The minimum atomic E-state index is -3.86.